The maximum Gasteiger partial charge on any atom is 0.191 e. The fourth-order valence-corrected chi connectivity index (χ4v) is 3.58. The molecule has 0 bridgehead atoms. The number of nitrogens with one attached hydrogen (secondary N) is 2. The molecule has 0 saturated carbocycles. The highest BCUT2D eigenvalue weighted by molar-refractivity contribution is 7.11. The van der Waals surface area contributed by atoms with Gasteiger partial charge in [-0.15, -0.1) is 11.3 Å². The smallest absolute Gasteiger partial charge is 0.191 e. The summed E-state index contributed by atoms with van der Waals surface area (Å²) in [7, 11) is 1.78. The van der Waals surface area contributed by atoms with Crippen LogP contribution >= 0.6 is 11.3 Å². The van der Waals surface area contributed by atoms with Crippen LogP contribution in [0.25, 0.3) is 0 Å². The Balaban J connectivity index is 1.86. The molecule has 0 fully saturated rings. The zero-order chi connectivity index (χ0) is 19.6. The van der Waals surface area contributed by atoms with Crippen molar-refractivity contribution in [2.75, 3.05) is 26.8 Å². The number of hydrogen-bond donors (Lipinski definition) is 2. The molecule has 0 unspecified atom stereocenters. The van der Waals surface area contributed by atoms with Gasteiger partial charge in [0, 0.05) is 18.5 Å². The minimum atomic E-state index is 0.620. The third kappa shape index (κ3) is 6.43. The van der Waals surface area contributed by atoms with E-state index in [0.29, 0.717) is 13.2 Å². The van der Waals surface area contributed by atoms with E-state index in [0.717, 1.165) is 47.7 Å². The predicted octanol–water partition coefficient (Wildman–Crippen LogP) is 3.47. The minimum Gasteiger partial charge on any atom is -0.490 e. The first-order valence-electron chi connectivity index (χ1n) is 9.33. The number of aliphatic imine (C=N–C) groups is 1. The number of nitrogens with zero attached hydrogens (tertiary/aromatic N) is 2. The van der Waals surface area contributed by atoms with Crippen molar-refractivity contribution in [3.05, 3.63) is 39.3 Å². The van der Waals surface area contributed by atoms with Crippen LogP contribution in [0.1, 0.15) is 35.0 Å². The van der Waals surface area contributed by atoms with Crippen LogP contribution in [-0.4, -0.2) is 37.7 Å². The topological polar surface area (TPSA) is 67.8 Å². The standard InChI is InChI=1S/C20H30N4O2S/c1-6-25-17-9-8-16(12-18(17)26-7-2)10-11-22-20(21-5)23-13-19-14(3)24-15(4)27-19/h8-9,12H,6-7,10-11,13H2,1-5H3,(H2,21,22,23). The summed E-state index contributed by atoms with van der Waals surface area (Å²) < 4.78 is 11.3. The highest BCUT2D eigenvalue weighted by Crippen LogP contribution is 2.28. The molecule has 0 atom stereocenters. The average Bonchev–Trinajstić information content (AvgIpc) is 2.97. The van der Waals surface area contributed by atoms with E-state index in [1.807, 2.05) is 33.8 Å². The largest absolute Gasteiger partial charge is 0.490 e. The second kappa shape index (κ2) is 10.8. The molecule has 0 radical (unpaired) electrons. The number of thiazole rings is 1. The van der Waals surface area contributed by atoms with Gasteiger partial charge in [-0.2, -0.15) is 0 Å². The van der Waals surface area contributed by atoms with Gasteiger partial charge in [0.05, 0.1) is 30.5 Å². The molecule has 1 heterocycles. The maximum absolute atomic E-state index is 5.69. The fraction of sp³-hybridized carbons (Fsp3) is 0.500. The first kappa shape index (κ1) is 21.0. The van der Waals surface area contributed by atoms with Crippen molar-refractivity contribution in [2.45, 2.75) is 40.7 Å². The van der Waals surface area contributed by atoms with Crippen molar-refractivity contribution in [1.82, 2.24) is 15.6 Å². The van der Waals surface area contributed by atoms with Crippen LogP contribution in [-0.2, 0) is 13.0 Å². The Kier molecular flexibility index (Phi) is 8.39. The predicted molar refractivity (Wildman–Crippen MR) is 112 cm³/mol. The van der Waals surface area contributed by atoms with Crippen LogP contribution in [0.3, 0.4) is 0 Å². The summed E-state index contributed by atoms with van der Waals surface area (Å²) >= 11 is 1.72. The molecular weight excluding hydrogens is 360 g/mol. The molecule has 1 aromatic heterocycles. The molecule has 2 rings (SSSR count). The molecule has 0 aliphatic rings. The zero-order valence-corrected chi connectivity index (χ0v) is 17.7. The van der Waals surface area contributed by atoms with Crippen LogP contribution in [0.15, 0.2) is 23.2 Å². The van der Waals surface area contributed by atoms with Crippen molar-refractivity contribution in [1.29, 1.82) is 0 Å². The molecule has 2 N–H and O–H groups in total. The molecule has 0 aliphatic carbocycles. The highest BCUT2D eigenvalue weighted by Gasteiger charge is 2.08. The Morgan fingerprint density at radius 2 is 1.85 bits per heavy atom. The van der Waals surface area contributed by atoms with Crippen molar-refractivity contribution < 1.29 is 9.47 Å². The summed E-state index contributed by atoms with van der Waals surface area (Å²) in [6, 6.07) is 6.11. The third-order valence-electron chi connectivity index (χ3n) is 3.95. The van der Waals surface area contributed by atoms with Crippen molar-refractivity contribution in [3.8, 4) is 11.5 Å². The molecule has 7 heteroatoms. The lowest BCUT2D eigenvalue weighted by Crippen LogP contribution is -2.37. The Hall–Kier alpha value is -2.28. The van der Waals surface area contributed by atoms with Gasteiger partial charge in [-0.05, 0) is 51.8 Å². The van der Waals surface area contributed by atoms with Crippen molar-refractivity contribution >= 4 is 17.3 Å². The fourth-order valence-electron chi connectivity index (χ4n) is 2.70. The second-order valence-electron chi connectivity index (χ2n) is 5.99. The maximum atomic E-state index is 5.69. The van der Waals surface area contributed by atoms with Gasteiger partial charge in [0.2, 0.25) is 0 Å². The van der Waals surface area contributed by atoms with Gasteiger partial charge in [-0.3, -0.25) is 4.99 Å². The Morgan fingerprint density at radius 1 is 1.11 bits per heavy atom. The normalized spacial score (nSPS) is 11.4. The summed E-state index contributed by atoms with van der Waals surface area (Å²) in [5.41, 5.74) is 2.28. The molecule has 1 aromatic carbocycles. The van der Waals surface area contributed by atoms with Crippen LogP contribution in [0, 0.1) is 13.8 Å². The van der Waals surface area contributed by atoms with Crippen LogP contribution in [0.2, 0.25) is 0 Å². The average molecular weight is 391 g/mol. The number of benzene rings is 1. The van der Waals surface area contributed by atoms with E-state index in [4.69, 9.17) is 9.47 Å². The zero-order valence-electron chi connectivity index (χ0n) is 16.9. The van der Waals surface area contributed by atoms with Gasteiger partial charge in [0.1, 0.15) is 0 Å². The lowest BCUT2D eigenvalue weighted by atomic mass is 10.1. The Morgan fingerprint density at radius 3 is 2.48 bits per heavy atom. The van der Waals surface area contributed by atoms with Crippen LogP contribution < -0.4 is 20.1 Å². The Bertz CT molecular complexity index is 758. The molecule has 2 aromatic rings. The second-order valence-corrected chi connectivity index (χ2v) is 7.28. The third-order valence-corrected chi connectivity index (χ3v) is 5.03. The molecule has 0 amide bonds. The van der Waals surface area contributed by atoms with E-state index >= 15 is 0 Å². The van der Waals surface area contributed by atoms with Crippen LogP contribution in [0.4, 0.5) is 0 Å². The van der Waals surface area contributed by atoms with Gasteiger partial charge in [-0.1, -0.05) is 6.07 Å². The van der Waals surface area contributed by atoms with Crippen molar-refractivity contribution in [2.24, 2.45) is 4.99 Å². The summed E-state index contributed by atoms with van der Waals surface area (Å²) in [6.45, 7) is 10.8. The summed E-state index contributed by atoms with van der Waals surface area (Å²) in [4.78, 5) is 9.99. The number of aromatic nitrogens is 1. The van der Waals surface area contributed by atoms with Gasteiger partial charge < -0.3 is 20.1 Å². The first-order chi connectivity index (χ1) is 13.1. The van der Waals surface area contributed by atoms with E-state index in [1.165, 1.54) is 10.4 Å². The lowest BCUT2D eigenvalue weighted by Gasteiger charge is -2.14. The van der Waals surface area contributed by atoms with Gasteiger partial charge >= 0.3 is 0 Å². The number of hydrogen-bond acceptors (Lipinski definition) is 5. The van der Waals surface area contributed by atoms with E-state index in [1.54, 1.807) is 18.4 Å². The summed E-state index contributed by atoms with van der Waals surface area (Å²) in [5, 5.41) is 7.80. The minimum absolute atomic E-state index is 0.620. The summed E-state index contributed by atoms with van der Waals surface area (Å²) in [6.07, 6.45) is 0.867. The van der Waals surface area contributed by atoms with E-state index < -0.39 is 0 Å². The van der Waals surface area contributed by atoms with E-state index in [9.17, 15) is 0 Å². The number of rotatable bonds is 9. The molecule has 6 nitrogen and oxygen atoms in total. The molecule has 0 aliphatic heterocycles. The Labute approximate surface area is 166 Å². The number of aryl methyl sites for hydroxylation is 2. The first-order valence-corrected chi connectivity index (χ1v) is 10.1. The lowest BCUT2D eigenvalue weighted by molar-refractivity contribution is 0.287. The molecular formula is C20H30N4O2S. The SMILES string of the molecule is CCOc1ccc(CCNC(=NC)NCc2sc(C)nc2C)cc1OCC. The highest BCUT2D eigenvalue weighted by atomic mass is 32.1. The van der Waals surface area contributed by atoms with E-state index in [-0.39, 0.29) is 0 Å². The van der Waals surface area contributed by atoms with E-state index in [2.05, 4.69) is 32.7 Å². The molecule has 27 heavy (non-hydrogen) atoms. The molecule has 0 spiro atoms. The monoisotopic (exact) mass is 390 g/mol. The summed E-state index contributed by atoms with van der Waals surface area (Å²) in [5.74, 6) is 2.38. The van der Waals surface area contributed by atoms with Crippen LogP contribution in [0.5, 0.6) is 11.5 Å². The van der Waals surface area contributed by atoms with Crippen molar-refractivity contribution in [3.63, 3.8) is 0 Å². The van der Waals surface area contributed by atoms with Gasteiger partial charge in [-0.25, -0.2) is 4.98 Å². The van der Waals surface area contributed by atoms with Gasteiger partial charge in [0.25, 0.3) is 0 Å². The number of guanidine groups is 1. The molecule has 148 valence electrons. The van der Waals surface area contributed by atoms with Gasteiger partial charge in [0.15, 0.2) is 17.5 Å². The number of ether oxygens (including phenoxy) is 2. The quantitative estimate of drug-likeness (QED) is 0.507. The molecule has 0 saturated heterocycles.